The van der Waals surface area contributed by atoms with Gasteiger partial charge in [-0.05, 0) is 49.2 Å². The summed E-state index contributed by atoms with van der Waals surface area (Å²) in [6, 6.07) is 13.6. The van der Waals surface area contributed by atoms with Gasteiger partial charge in [0.2, 0.25) is 5.91 Å². The van der Waals surface area contributed by atoms with E-state index in [2.05, 4.69) is 11.0 Å². The molecule has 0 saturated carbocycles. The van der Waals surface area contributed by atoms with Crippen molar-refractivity contribution in [3.8, 4) is 11.5 Å². The molecule has 5 nitrogen and oxygen atoms in total. The molecule has 1 saturated heterocycles. The van der Waals surface area contributed by atoms with Crippen molar-refractivity contribution >= 4 is 23.2 Å². The fraction of sp³-hybridized carbons (Fsp3) is 0.409. The van der Waals surface area contributed by atoms with E-state index in [0.717, 1.165) is 48.9 Å². The molecule has 1 fully saturated rings. The summed E-state index contributed by atoms with van der Waals surface area (Å²) >= 11 is 5.95. The molecule has 2 aromatic carbocycles. The summed E-state index contributed by atoms with van der Waals surface area (Å²) in [6.45, 7) is 5.64. The Labute approximate surface area is 171 Å². The highest BCUT2D eigenvalue weighted by molar-refractivity contribution is 6.30. The Balaban J connectivity index is 1.40. The lowest BCUT2D eigenvalue weighted by molar-refractivity contribution is -0.131. The van der Waals surface area contributed by atoms with E-state index < -0.39 is 0 Å². The molecule has 0 atom stereocenters. The summed E-state index contributed by atoms with van der Waals surface area (Å²) in [4.78, 5) is 16.7. The van der Waals surface area contributed by atoms with Crippen molar-refractivity contribution in [1.82, 2.24) is 4.90 Å². The molecule has 1 aliphatic rings. The van der Waals surface area contributed by atoms with E-state index in [9.17, 15) is 4.79 Å². The van der Waals surface area contributed by atoms with Crippen molar-refractivity contribution in [1.29, 1.82) is 0 Å². The Hall–Kier alpha value is -2.40. The SMILES string of the molecule is COc1cccc(N2CCN(C(=O)CCCOc3ccc(Cl)cc3C)CC2)c1. The number of methoxy groups -OCH3 is 1. The third-order valence-electron chi connectivity index (χ3n) is 4.98. The number of benzene rings is 2. The highest BCUT2D eigenvalue weighted by atomic mass is 35.5. The van der Waals surface area contributed by atoms with Gasteiger partial charge in [-0.1, -0.05) is 17.7 Å². The molecule has 2 aromatic rings. The van der Waals surface area contributed by atoms with Crippen LogP contribution in [0.2, 0.25) is 5.02 Å². The molecule has 1 amide bonds. The lowest BCUT2D eigenvalue weighted by Crippen LogP contribution is -2.48. The van der Waals surface area contributed by atoms with Gasteiger partial charge >= 0.3 is 0 Å². The van der Waals surface area contributed by atoms with Gasteiger partial charge in [0.15, 0.2) is 0 Å². The van der Waals surface area contributed by atoms with Crippen LogP contribution >= 0.6 is 11.6 Å². The molecule has 0 aliphatic carbocycles. The first-order valence-electron chi connectivity index (χ1n) is 9.62. The first-order chi connectivity index (χ1) is 13.6. The average molecular weight is 403 g/mol. The maximum Gasteiger partial charge on any atom is 0.222 e. The highest BCUT2D eigenvalue weighted by Gasteiger charge is 2.21. The first-order valence-corrected chi connectivity index (χ1v) is 10.0. The molecule has 6 heteroatoms. The van der Waals surface area contributed by atoms with Crippen molar-refractivity contribution in [2.75, 3.05) is 44.8 Å². The van der Waals surface area contributed by atoms with E-state index in [1.807, 2.05) is 48.2 Å². The van der Waals surface area contributed by atoms with Crippen LogP contribution in [0.1, 0.15) is 18.4 Å². The normalized spacial score (nSPS) is 14.1. The van der Waals surface area contributed by atoms with Gasteiger partial charge in [-0.2, -0.15) is 0 Å². The number of piperazine rings is 1. The van der Waals surface area contributed by atoms with Crippen LogP contribution in [0, 0.1) is 6.92 Å². The number of halogens is 1. The second-order valence-electron chi connectivity index (χ2n) is 6.93. The van der Waals surface area contributed by atoms with E-state index >= 15 is 0 Å². The molecule has 0 radical (unpaired) electrons. The molecule has 3 rings (SSSR count). The van der Waals surface area contributed by atoms with Crippen LogP contribution in [0.4, 0.5) is 5.69 Å². The average Bonchev–Trinajstić information content (AvgIpc) is 2.72. The fourth-order valence-electron chi connectivity index (χ4n) is 3.36. The predicted octanol–water partition coefficient (Wildman–Crippen LogP) is 4.16. The molecular weight excluding hydrogens is 376 g/mol. The third kappa shape index (κ3) is 5.32. The van der Waals surface area contributed by atoms with E-state index in [-0.39, 0.29) is 5.91 Å². The molecule has 1 aliphatic heterocycles. The van der Waals surface area contributed by atoms with Gasteiger partial charge in [0.25, 0.3) is 0 Å². The third-order valence-corrected chi connectivity index (χ3v) is 5.22. The van der Waals surface area contributed by atoms with Crippen LogP contribution < -0.4 is 14.4 Å². The van der Waals surface area contributed by atoms with Gasteiger partial charge < -0.3 is 19.3 Å². The molecule has 0 unspecified atom stereocenters. The minimum Gasteiger partial charge on any atom is -0.497 e. The standard InChI is InChI=1S/C22H27ClN2O3/c1-17-15-18(23)8-9-21(17)28-14-4-7-22(26)25-12-10-24(11-13-25)19-5-3-6-20(16-19)27-2/h3,5-6,8-9,15-16H,4,7,10-14H2,1-2H3. The lowest BCUT2D eigenvalue weighted by atomic mass is 10.2. The topological polar surface area (TPSA) is 42.0 Å². The predicted molar refractivity (Wildman–Crippen MR) is 113 cm³/mol. The maximum atomic E-state index is 12.5. The summed E-state index contributed by atoms with van der Waals surface area (Å²) < 4.78 is 11.1. The zero-order chi connectivity index (χ0) is 19.9. The fourth-order valence-corrected chi connectivity index (χ4v) is 3.59. The van der Waals surface area contributed by atoms with Crippen molar-refractivity contribution in [2.24, 2.45) is 0 Å². The van der Waals surface area contributed by atoms with Gasteiger partial charge in [-0.3, -0.25) is 4.79 Å². The number of hydrogen-bond donors (Lipinski definition) is 0. The molecular formula is C22H27ClN2O3. The van der Waals surface area contributed by atoms with Gasteiger partial charge in [-0.25, -0.2) is 0 Å². The van der Waals surface area contributed by atoms with Crippen LogP contribution in [0.3, 0.4) is 0 Å². The Bertz CT molecular complexity index is 804. The number of carbonyl (C=O) groups excluding carboxylic acids is 1. The summed E-state index contributed by atoms with van der Waals surface area (Å²) in [5, 5.41) is 0.702. The summed E-state index contributed by atoms with van der Waals surface area (Å²) in [5.41, 5.74) is 2.14. The molecule has 1 heterocycles. The maximum absolute atomic E-state index is 12.5. The van der Waals surface area contributed by atoms with Gasteiger partial charge in [-0.15, -0.1) is 0 Å². The Morgan fingerprint density at radius 3 is 2.61 bits per heavy atom. The molecule has 0 N–H and O–H groups in total. The minimum absolute atomic E-state index is 0.196. The number of carbonyl (C=O) groups is 1. The largest absolute Gasteiger partial charge is 0.497 e. The zero-order valence-corrected chi connectivity index (χ0v) is 17.2. The number of aryl methyl sites for hydroxylation is 1. The van der Waals surface area contributed by atoms with Gasteiger partial charge in [0.05, 0.1) is 13.7 Å². The van der Waals surface area contributed by atoms with E-state index in [0.29, 0.717) is 24.5 Å². The van der Waals surface area contributed by atoms with Gasteiger partial charge in [0.1, 0.15) is 11.5 Å². The number of anilines is 1. The smallest absolute Gasteiger partial charge is 0.222 e. The molecule has 0 spiro atoms. The Morgan fingerprint density at radius 2 is 1.89 bits per heavy atom. The summed E-state index contributed by atoms with van der Waals surface area (Å²) in [5.74, 6) is 1.87. The van der Waals surface area contributed by atoms with Crippen LogP contribution in [-0.2, 0) is 4.79 Å². The van der Waals surface area contributed by atoms with Crippen molar-refractivity contribution in [3.63, 3.8) is 0 Å². The summed E-state index contributed by atoms with van der Waals surface area (Å²) in [7, 11) is 1.67. The van der Waals surface area contributed by atoms with Crippen LogP contribution in [-0.4, -0.2) is 50.7 Å². The number of ether oxygens (including phenoxy) is 2. The second-order valence-corrected chi connectivity index (χ2v) is 7.37. The van der Waals surface area contributed by atoms with E-state index in [1.54, 1.807) is 7.11 Å². The van der Waals surface area contributed by atoms with Crippen molar-refractivity contribution < 1.29 is 14.3 Å². The van der Waals surface area contributed by atoms with Crippen molar-refractivity contribution in [3.05, 3.63) is 53.1 Å². The second kappa shape index (κ2) is 9.69. The van der Waals surface area contributed by atoms with E-state index in [4.69, 9.17) is 21.1 Å². The Morgan fingerprint density at radius 1 is 1.11 bits per heavy atom. The highest BCUT2D eigenvalue weighted by Crippen LogP contribution is 2.23. The molecule has 0 bridgehead atoms. The number of amides is 1. The number of nitrogens with zero attached hydrogens (tertiary/aromatic N) is 2. The van der Waals surface area contributed by atoms with E-state index in [1.165, 1.54) is 0 Å². The zero-order valence-electron chi connectivity index (χ0n) is 16.5. The first kappa shape index (κ1) is 20.3. The molecule has 0 aromatic heterocycles. The van der Waals surface area contributed by atoms with Crippen LogP contribution in [0.25, 0.3) is 0 Å². The minimum atomic E-state index is 0.196. The van der Waals surface area contributed by atoms with Gasteiger partial charge in [0, 0.05) is 49.4 Å². The summed E-state index contributed by atoms with van der Waals surface area (Å²) in [6.07, 6.45) is 1.21. The lowest BCUT2D eigenvalue weighted by Gasteiger charge is -2.36. The van der Waals surface area contributed by atoms with Crippen LogP contribution in [0.5, 0.6) is 11.5 Å². The number of hydrogen-bond acceptors (Lipinski definition) is 4. The monoisotopic (exact) mass is 402 g/mol. The molecule has 28 heavy (non-hydrogen) atoms. The Kier molecular flexibility index (Phi) is 7.04. The number of rotatable bonds is 7. The van der Waals surface area contributed by atoms with Crippen LogP contribution in [0.15, 0.2) is 42.5 Å². The molecule has 150 valence electrons. The van der Waals surface area contributed by atoms with Crippen molar-refractivity contribution in [2.45, 2.75) is 19.8 Å². The quantitative estimate of drug-likeness (QED) is 0.652.